The van der Waals surface area contributed by atoms with Crippen molar-refractivity contribution in [1.29, 1.82) is 0 Å². The van der Waals surface area contributed by atoms with Crippen molar-refractivity contribution in [2.75, 3.05) is 36.8 Å². The van der Waals surface area contributed by atoms with Gasteiger partial charge < -0.3 is 9.80 Å². The largest absolute Gasteiger partial charge is 0.398 e. The molecule has 1 amide bonds. The molecule has 1 saturated heterocycles. The number of hydrogen-bond acceptors (Lipinski definition) is 3. The summed E-state index contributed by atoms with van der Waals surface area (Å²) >= 11 is 0.609. The van der Waals surface area contributed by atoms with Crippen molar-refractivity contribution in [2.45, 2.75) is 43.2 Å². The Morgan fingerprint density at radius 1 is 1.21 bits per heavy atom. The fourth-order valence-corrected chi connectivity index (χ4v) is 4.59. The van der Waals surface area contributed by atoms with E-state index in [0.717, 1.165) is 0 Å². The summed E-state index contributed by atoms with van der Waals surface area (Å²) in [6.45, 7) is 2.66. The fourth-order valence-electron chi connectivity index (χ4n) is 3.79. The number of rotatable bonds is 4. The van der Waals surface area contributed by atoms with Gasteiger partial charge in [0.2, 0.25) is 11.8 Å². The maximum atomic E-state index is 14.4. The van der Waals surface area contributed by atoms with Crippen LogP contribution in [0.3, 0.4) is 0 Å². The lowest BCUT2D eigenvalue weighted by Gasteiger charge is -2.37. The number of anilines is 1. The molecule has 1 aliphatic heterocycles. The Kier molecular flexibility index (Phi) is 6.31. The minimum Gasteiger partial charge on any atom is -0.366 e. The summed E-state index contributed by atoms with van der Waals surface area (Å²) in [6, 6.07) is 2.63. The molecule has 1 heterocycles. The van der Waals surface area contributed by atoms with Crippen LogP contribution in [-0.2, 0) is 4.79 Å². The van der Waals surface area contributed by atoms with E-state index in [-0.39, 0.29) is 50.6 Å². The summed E-state index contributed by atoms with van der Waals surface area (Å²) < 4.78 is 78.7. The molecule has 0 spiro atoms. The van der Waals surface area contributed by atoms with Crippen LogP contribution in [0.25, 0.3) is 0 Å². The fraction of sp³-hybridized carbons (Fsp3) is 0.632. The first-order valence-electron chi connectivity index (χ1n) is 9.36. The first-order chi connectivity index (χ1) is 13.5. The number of halogens is 6. The molecule has 0 aromatic heterocycles. The highest BCUT2D eigenvalue weighted by Gasteiger charge is 2.44. The van der Waals surface area contributed by atoms with Gasteiger partial charge in [-0.1, -0.05) is 0 Å². The molecule has 1 aromatic rings. The second-order valence-electron chi connectivity index (χ2n) is 7.58. The SMILES string of the molecule is Cc1cc(F)c(N2CCN(C(=O)C3CCC(F)(F)C3)CC2)cc1SCC(F)(F)F. The van der Waals surface area contributed by atoms with E-state index in [1.54, 1.807) is 11.8 Å². The molecule has 2 fully saturated rings. The number of alkyl halides is 5. The topological polar surface area (TPSA) is 23.6 Å². The van der Waals surface area contributed by atoms with E-state index in [0.29, 0.717) is 22.2 Å². The van der Waals surface area contributed by atoms with Crippen LogP contribution in [0, 0.1) is 18.7 Å². The Morgan fingerprint density at radius 3 is 2.41 bits per heavy atom. The molecule has 10 heteroatoms. The van der Waals surface area contributed by atoms with E-state index in [2.05, 4.69) is 0 Å². The van der Waals surface area contributed by atoms with Gasteiger partial charge in [0.1, 0.15) is 5.82 Å². The number of carbonyl (C=O) groups excluding carboxylic acids is 1. The smallest absolute Gasteiger partial charge is 0.366 e. The van der Waals surface area contributed by atoms with Gasteiger partial charge in [-0.15, -0.1) is 11.8 Å². The van der Waals surface area contributed by atoms with E-state index in [1.807, 2.05) is 0 Å². The molecule has 3 nitrogen and oxygen atoms in total. The van der Waals surface area contributed by atoms with Crippen molar-refractivity contribution in [3.8, 4) is 0 Å². The first kappa shape index (κ1) is 22.1. The average molecular weight is 440 g/mol. The van der Waals surface area contributed by atoms with Crippen molar-refractivity contribution in [1.82, 2.24) is 4.90 Å². The molecule has 0 N–H and O–H groups in total. The van der Waals surface area contributed by atoms with Crippen molar-refractivity contribution in [3.63, 3.8) is 0 Å². The van der Waals surface area contributed by atoms with Crippen LogP contribution >= 0.6 is 11.8 Å². The number of aryl methyl sites for hydroxylation is 1. The van der Waals surface area contributed by atoms with Gasteiger partial charge in [0, 0.05) is 49.8 Å². The molecular weight excluding hydrogens is 418 g/mol. The molecule has 1 unspecified atom stereocenters. The minimum absolute atomic E-state index is 0.165. The number of benzene rings is 1. The lowest BCUT2D eigenvalue weighted by Crippen LogP contribution is -2.50. The molecule has 1 atom stereocenters. The molecule has 0 radical (unpaired) electrons. The van der Waals surface area contributed by atoms with Crippen LogP contribution in [0.4, 0.5) is 32.0 Å². The molecule has 162 valence electrons. The van der Waals surface area contributed by atoms with Crippen LogP contribution < -0.4 is 4.90 Å². The zero-order valence-electron chi connectivity index (χ0n) is 15.9. The average Bonchev–Trinajstić information content (AvgIpc) is 3.00. The zero-order valence-corrected chi connectivity index (χ0v) is 16.7. The molecule has 1 aliphatic carbocycles. The van der Waals surface area contributed by atoms with Crippen molar-refractivity contribution < 1.29 is 31.1 Å². The quantitative estimate of drug-likeness (QED) is 0.493. The van der Waals surface area contributed by atoms with Gasteiger partial charge in [-0.25, -0.2) is 13.2 Å². The number of hydrogen-bond donors (Lipinski definition) is 0. The van der Waals surface area contributed by atoms with Gasteiger partial charge in [0.25, 0.3) is 0 Å². The highest BCUT2D eigenvalue weighted by Crippen LogP contribution is 2.40. The molecular formula is C19H22F6N2OS. The lowest BCUT2D eigenvalue weighted by atomic mass is 10.1. The summed E-state index contributed by atoms with van der Waals surface area (Å²) in [7, 11) is 0. The highest BCUT2D eigenvalue weighted by molar-refractivity contribution is 7.99. The van der Waals surface area contributed by atoms with Gasteiger partial charge in [-0.05, 0) is 31.0 Å². The maximum absolute atomic E-state index is 14.4. The summed E-state index contributed by atoms with van der Waals surface area (Å²) in [5, 5.41) is 0. The van der Waals surface area contributed by atoms with E-state index in [4.69, 9.17) is 0 Å². The predicted molar refractivity (Wildman–Crippen MR) is 99.0 cm³/mol. The Labute approximate surface area is 169 Å². The lowest BCUT2D eigenvalue weighted by molar-refractivity contribution is -0.136. The standard InChI is InChI=1S/C19H22F6N2OS/c1-12-8-14(20)15(9-16(12)29-11-19(23,24)25)26-4-6-27(7-5-26)17(28)13-2-3-18(21,22)10-13/h8-9,13H,2-7,10-11H2,1H3. The Balaban J connectivity index is 1.63. The summed E-state index contributed by atoms with van der Waals surface area (Å²) in [5.41, 5.74) is 0.622. The number of nitrogens with zero attached hydrogens (tertiary/aromatic N) is 2. The second kappa shape index (κ2) is 8.28. The van der Waals surface area contributed by atoms with Crippen LogP contribution in [-0.4, -0.2) is 54.8 Å². The maximum Gasteiger partial charge on any atom is 0.398 e. The van der Waals surface area contributed by atoms with Crippen LogP contribution in [0.5, 0.6) is 0 Å². The van der Waals surface area contributed by atoms with E-state index in [1.165, 1.54) is 17.0 Å². The molecule has 1 aromatic carbocycles. The predicted octanol–water partition coefficient (Wildman–Crippen LogP) is 4.87. The number of thioether (sulfide) groups is 1. The van der Waals surface area contributed by atoms with Gasteiger partial charge >= 0.3 is 6.18 Å². The zero-order chi connectivity index (χ0) is 21.4. The first-order valence-corrected chi connectivity index (χ1v) is 10.3. The van der Waals surface area contributed by atoms with E-state index < -0.39 is 36.0 Å². The summed E-state index contributed by atoms with van der Waals surface area (Å²) in [4.78, 5) is 16.0. The third-order valence-electron chi connectivity index (χ3n) is 5.32. The van der Waals surface area contributed by atoms with Crippen molar-refractivity contribution in [3.05, 3.63) is 23.5 Å². The van der Waals surface area contributed by atoms with E-state index in [9.17, 15) is 31.1 Å². The Hall–Kier alpha value is -1.58. The van der Waals surface area contributed by atoms with Crippen LogP contribution in [0.15, 0.2) is 17.0 Å². The monoisotopic (exact) mass is 440 g/mol. The number of carbonyl (C=O) groups is 1. The number of piperazine rings is 1. The summed E-state index contributed by atoms with van der Waals surface area (Å²) in [5.74, 6) is -5.37. The second-order valence-corrected chi connectivity index (χ2v) is 8.60. The molecule has 1 saturated carbocycles. The molecule has 29 heavy (non-hydrogen) atoms. The van der Waals surface area contributed by atoms with Gasteiger partial charge in [-0.3, -0.25) is 4.79 Å². The normalized spacial score (nSPS) is 22.2. The van der Waals surface area contributed by atoms with E-state index >= 15 is 0 Å². The van der Waals surface area contributed by atoms with Gasteiger partial charge in [0.15, 0.2) is 0 Å². The van der Waals surface area contributed by atoms with Crippen molar-refractivity contribution in [2.24, 2.45) is 5.92 Å². The molecule has 2 aliphatic rings. The van der Waals surface area contributed by atoms with Gasteiger partial charge in [0.05, 0.1) is 11.4 Å². The number of amides is 1. The molecule has 0 bridgehead atoms. The minimum atomic E-state index is -4.32. The molecule has 3 rings (SSSR count). The third-order valence-corrected chi connectivity index (χ3v) is 6.54. The Bertz CT molecular complexity index is 762. The van der Waals surface area contributed by atoms with Gasteiger partial charge in [-0.2, -0.15) is 13.2 Å². The van der Waals surface area contributed by atoms with Crippen molar-refractivity contribution >= 4 is 23.4 Å². The highest BCUT2D eigenvalue weighted by atomic mass is 32.2. The summed E-state index contributed by atoms with van der Waals surface area (Å²) in [6.07, 6.45) is -4.87. The van der Waals surface area contributed by atoms with Crippen LogP contribution in [0.1, 0.15) is 24.8 Å². The van der Waals surface area contributed by atoms with Crippen LogP contribution in [0.2, 0.25) is 0 Å². The Morgan fingerprint density at radius 2 is 1.86 bits per heavy atom. The third kappa shape index (κ3) is 5.52.